The standard InChI is InChI=1S/C18H30N2O/c1-5-19-17(12-16-9-7-6-8-15(16)4)18-13-20(14(2)3)10-11-21-18/h6-9,14,17-19H,5,10-13H2,1-4H3. The van der Waals surface area contributed by atoms with Crippen molar-refractivity contribution in [1.29, 1.82) is 0 Å². The summed E-state index contributed by atoms with van der Waals surface area (Å²) >= 11 is 0. The number of nitrogens with zero attached hydrogens (tertiary/aromatic N) is 1. The summed E-state index contributed by atoms with van der Waals surface area (Å²) in [5.41, 5.74) is 2.80. The van der Waals surface area contributed by atoms with Crippen LogP contribution in [-0.2, 0) is 11.2 Å². The van der Waals surface area contributed by atoms with Gasteiger partial charge in [-0.3, -0.25) is 4.90 Å². The molecule has 2 rings (SSSR count). The molecule has 1 saturated heterocycles. The summed E-state index contributed by atoms with van der Waals surface area (Å²) in [5, 5.41) is 3.64. The van der Waals surface area contributed by atoms with Crippen molar-refractivity contribution in [2.75, 3.05) is 26.2 Å². The van der Waals surface area contributed by atoms with Crippen molar-refractivity contribution in [1.82, 2.24) is 10.2 Å². The minimum atomic E-state index is 0.278. The van der Waals surface area contributed by atoms with Gasteiger partial charge in [0.15, 0.2) is 0 Å². The molecule has 3 heteroatoms. The average Bonchev–Trinajstić information content (AvgIpc) is 2.49. The second-order valence-electron chi connectivity index (χ2n) is 6.29. The van der Waals surface area contributed by atoms with Crippen molar-refractivity contribution in [3.05, 3.63) is 35.4 Å². The molecule has 0 amide bonds. The van der Waals surface area contributed by atoms with Gasteiger partial charge in [-0.05, 0) is 44.9 Å². The number of ether oxygens (including phenoxy) is 1. The van der Waals surface area contributed by atoms with Crippen LogP contribution in [0.1, 0.15) is 31.9 Å². The van der Waals surface area contributed by atoms with Gasteiger partial charge in [-0.2, -0.15) is 0 Å². The van der Waals surface area contributed by atoms with Crippen molar-refractivity contribution in [3.8, 4) is 0 Å². The minimum absolute atomic E-state index is 0.278. The molecular formula is C18H30N2O. The molecule has 1 N–H and O–H groups in total. The predicted molar refractivity (Wildman–Crippen MR) is 88.8 cm³/mol. The van der Waals surface area contributed by atoms with Crippen LogP contribution in [0, 0.1) is 6.92 Å². The topological polar surface area (TPSA) is 24.5 Å². The quantitative estimate of drug-likeness (QED) is 0.871. The zero-order valence-electron chi connectivity index (χ0n) is 13.9. The Kier molecular flexibility index (Phi) is 6.22. The molecule has 1 aliphatic rings. The van der Waals surface area contributed by atoms with E-state index in [0.29, 0.717) is 12.1 Å². The number of likely N-dealkylation sites (N-methyl/N-ethyl adjacent to an activating group) is 1. The molecule has 1 fully saturated rings. The lowest BCUT2D eigenvalue weighted by atomic mass is 9.96. The second kappa shape index (κ2) is 7.92. The number of nitrogens with one attached hydrogen (secondary N) is 1. The summed E-state index contributed by atoms with van der Waals surface area (Å²) in [6.45, 7) is 12.8. The summed E-state index contributed by atoms with van der Waals surface area (Å²) in [6, 6.07) is 9.66. The highest BCUT2D eigenvalue weighted by molar-refractivity contribution is 5.26. The number of hydrogen-bond acceptors (Lipinski definition) is 3. The highest BCUT2D eigenvalue weighted by Gasteiger charge is 2.29. The number of rotatable bonds is 6. The fourth-order valence-corrected chi connectivity index (χ4v) is 3.08. The number of aryl methyl sites for hydroxylation is 1. The molecular weight excluding hydrogens is 260 g/mol. The Morgan fingerprint density at radius 3 is 2.76 bits per heavy atom. The molecule has 1 aromatic rings. The van der Waals surface area contributed by atoms with E-state index in [1.165, 1.54) is 11.1 Å². The number of morpholine rings is 1. The first-order valence-electron chi connectivity index (χ1n) is 8.25. The Balaban J connectivity index is 2.06. The Hall–Kier alpha value is -0.900. The Morgan fingerprint density at radius 2 is 2.10 bits per heavy atom. The maximum absolute atomic E-state index is 6.08. The van der Waals surface area contributed by atoms with Gasteiger partial charge in [0, 0.05) is 25.2 Å². The maximum Gasteiger partial charge on any atom is 0.0858 e. The predicted octanol–water partition coefficient (Wildman–Crippen LogP) is 2.62. The van der Waals surface area contributed by atoms with Crippen LogP contribution in [0.5, 0.6) is 0 Å². The van der Waals surface area contributed by atoms with E-state index in [9.17, 15) is 0 Å². The summed E-state index contributed by atoms with van der Waals surface area (Å²) in [6.07, 6.45) is 1.32. The van der Waals surface area contributed by atoms with Gasteiger partial charge in [0.2, 0.25) is 0 Å². The molecule has 1 aliphatic heterocycles. The molecule has 2 atom stereocenters. The summed E-state index contributed by atoms with van der Waals surface area (Å²) in [4.78, 5) is 2.52. The molecule has 21 heavy (non-hydrogen) atoms. The molecule has 0 spiro atoms. The molecule has 118 valence electrons. The van der Waals surface area contributed by atoms with Crippen LogP contribution < -0.4 is 5.32 Å². The highest BCUT2D eigenvalue weighted by atomic mass is 16.5. The highest BCUT2D eigenvalue weighted by Crippen LogP contribution is 2.17. The van der Waals surface area contributed by atoms with E-state index in [1.54, 1.807) is 0 Å². The van der Waals surface area contributed by atoms with E-state index >= 15 is 0 Å². The lowest BCUT2D eigenvalue weighted by molar-refractivity contribution is -0.0550. The second-order valence-corrected chi connectivity index (χ2v) is 6.29. The zero-order valence-corrected chi connectivity index (χ0v) is 13.9. The van der Waals surface area contributed by atoms with Crippen molar-refractivity contribution >= 4 is 0 Å². The lowest BCUT2D eigenvalue weighted by Crippen LogP contribution is -2.54. The lowest BCUT2D eigenvalue weighted by Gasteiger charge is -2.39. The van der Waals surface area contributed by atoms with Gasteiger partial charge in [-0.1, -0.05) is 31.2 Å². The van der Waals surface area contributed by atoms with Crippen molar-refractivity contribution in [2.45, 2.75) is 52.3 Å². The van der Waals surface area contributed by atoms with Gasteiger partial charge < -0.3 is 10.1 Å². The molecule has 0 radical (unpaired) electrons. The van der Waals surface area contributed by atoms with Crippen LogP contribution in [0.3, 0.4) is 0 Å². The van der Waals surface area contributed by atoms with Gasteiger partial charge in [0.25, 0.3) is 0 Å². The molecule has 2 unspecified atom stereocenters. The largest absolute Gasteiger partial charge is 0.374 e. The molecule has 0 bridgehead atoms. The summed E-state index contributed by atoms with van der Waals surface area (Å²) < 4.78 is 6.08. The van der Waals surface area contributed by atoms with Crippen LogP contribution in [0.2, 0.25) is 0 Å². The van der Waals surface area contributed by atoms with Crippen LogP contribution in [-0.4, -0.2) is 49.3 Å². The van der Waals surface area contributed by atoms with Gasteiger partial charge in [-0.25, -0.2) is 0 Å². The third-order valence-corrected chi connectivity index (χ3v) is 4.47. The van der Waals surface area contributed by atoms with Crippen LogP contribution in [0.15, 0.2) is 24.3 Å². The Labute approximate surface area is 129 Å². The first kappa shape index (κ1) is 16.5. The van der Waals surface area contributed by atoms with Crippen molar-refractivity contribution < 1.29 is 4.74 Å². The zero-order chi connectivity index (χ0) is 15.2. The first-order chi connectivity index (χ1) is 10.1. The first-order valence-corrected chi connectivity index (χ1v) is 8.25. The van der Waals surface area contributed by atoms with Gasteiger partial charge in [0.1, 0.15) is 0 Å². The van der Waals surface area contributed by atoms with Crippen LogP contribution >= 0.6 is 0 Å². The fraction of sp³-hybridized carbons (Fsp3) is 0.667. The van der Waals surface area contributed by atoms with Gasteiger partial charge in [0.05, 0.1) is 12.7 Å². The normalized spacial score (nSPS) is 21.7. The summed E-state index contributed by atoms with van der Waals surface area (Å²) in [7, 11) is 0. The third-order valence-electron chi connectivity index (χ3n) is 4.47. The van der Waals surface area contributed by atoms with Crippen molar-refractivity contribution in [2.24, 2.45) is 0 Å². The van der Waals surface area contributed by atoms with Gasteiger partial charge >= 0.3 is 0 Å². The smallest absolute Gasteiger partial charge is 0.0858 e. The van der Waals surface area contributed by atoms with Crippen LogP contribution in [0.4, 0.5) is 0 Å². The molecule has 0 aromatic heterocycles. The van der Waals surface area contributed by atoms with Crippen LogP contribution in [0.25, 0.3) is 0 Å². The fourth-order valence-electron chi connectivity index (χ4n) is 3.08. The average molecular weight is 290 g/mol. The molecule has 1 heterocycles. The van der Waals surface area contributed by atoms with E-state index in [4.69, 9.17) is 4.74 Å². The maximum atomic E-state index is 6.08. The summed E-state index contributed by atoms with van der Waals surface area (Å²) in [5.74, 6) is 0. The third kappa shape index (κ3) is 4.53. The van der Waals surface area contributed by atoms with E-state index in [-0.39, 0.29) is 6.10 Å². The molecule has 1 aromatic carbocycles. The monoisotopic (exact) mass is 290 g/mol. The molecule has 0 aliphatic carbocycles. The molecule has 0 saturated carbocycles. The Bertz CT molecular complexity index is 433. The van der Waals surface area contributed by atoms with E-state index in [2.05, 4.69) is 62.2 Å². The SMILES string of the molecule is CCNC(Cc1ccccc1C)C1CN(C(C)C)CCO1. The van der Waals surface area contributed by atoms with Gasteiger partial charge in [-0.15, -0.1) is 0 Å². The minimum Gasteiger partial charge on any atom is -0.374 e. The number of benzene rings is 1. The van der Waals surface area contributed by atoms with E-state index in [0.717, 1.165) is 32.7 Å². The molecule has 3 nitrogen and oxygen atoms in total. The Morgan fingerprint density at radius 1 is 1.33 bits per heavy atom. The van der Waals surface area contributed by atoms with E-state index in [1.807, 2.05) is 0 Å². The van der Waals surface area contributed by atoms with Crippen molar-refractivity contribution in [3.63, 3.8) is 0 Å². The number of hydrogen-bond donors (Lipinski definition) is 1. The van der Waals surface area contributed by atoms with E-state index < -0.39 is 0 Å².